The fraction of sp³-hybridized carbons (Fsp3) is 0.259. The number of aromatic amines is 1. The van der Waals surface area contributed by atoms with Crippen molar-refractivity contribution in [1.82, 2.24) is 29.5 Å². The summed E-state index contributed by atoms with van der Waals surface area (Å²) in [6.07, 6.45) is 4.49. The van der Waals surface area contributed by atoms with Crippen LogP contribution in [0, 0.1) is 0 Å². The molecule has 1 fully saturated rings. The third-order valence-corrected chi connectivity index (χ3v) is 6.68. The number of carbonyl (C=O) groups excluding carboxylic acids is 4. The number of rotatable bonds is 6. The van der Waals surface area contributed by atoms with Crippen LogP contribution in [0.2, 0.25) is 0 Å². The molecule has 4 aromatic rings. The van der Waals surface area contributed by atoms with Crippen molar-refractivity contribution in [3.63, 3.8) is 0 Å². The third-order valence-electron chi connectivity index (χ3n) is 6.68. The molecule has 1 atom stereocenters. The molecule has 0 aliphatic carbocycles. The fourth-order valence-electron chi connectivity index (χ4n) is 4.69. The number of benzene rings is 1. The van der Waals surface area contributed by atoms with Gasteiger partial charge in [0, 0.05) is 50.6 Å². The normalized spacial score (nSPS) is 15.5. The molecule has 1 aromatic carbocycles. The summed E-state index contributed by atoms with van der Waals surface area (Å²) in [5.74, 6) is -1.01. The van der Waals surface area contributed by atoms with Gasteiger partial charge in [-0.3, -0.25) is 19.2 Å². The zero-order chi connectivity index (χ0) is 27.0. The van der Waals surface area contributed by atoms with Crippen LogP contribution in [0.5, 0.6) is 5.75 Å². The number of fused-ring (bicyclic) bond motifs is 1. The van der Waals surface area contributed by atoms with Gasteiger partial charge >= 0.3 is 0 Å². The molecule has 1 saturated heterocycles. The van der Waals surface area contributed by atoms with Crippen LogP contribution in [0.1, 0.15) is 45.1 Å². The molecule has 11 heteroatoms. The Morgan fingerprint density at radius 3 is 2.50 bits per heavy atom. The molecule has 0 radical (unpaired) electrons. The summed E-state index contributed by atoms with van der Waals surface area (Å²) in [5, 5.41) is 4.64. The highest BCUT2D eigenvalue weighted by Gasteiger charge is 2.34. The highest BCUT2D eigenvalue weighted by atomic mass is 16.5. The predicted octanol–water partition coefficient (Wildman–Crippen LogP) is 2.52. The molecule has 2 amide bonds. The van der Waals surface area contributed by atoms with E-state index in [1.807, 2.05) is 13.0 Å². The van der Waals surface area contributed by atoms with Crippen molar-refractivity contribution in [3.8, 4) is 11.6 Å². The van der Waals surface area contributed by atoms with Gasteiger partial charge in [0.05, 0.1) is 29.8 Å². The predicted molar refractivity (Wildman–Crippen MR) is 138 cm³/mol. The van der Waals surface area contributed by atoms with E-state index in [0.29, 0.717) is 34.6 Å². The van der Waals surface area contributed by atoms with Gasteiger partial charge < -0.3 is 19.5 Å². The second kappa shape index (κ2) is 9.92. The lowest BCUT2D eigenvalue weighted by molar-refractivity contribution is -0.128. The first-order valence-electron chi connectivity index (χ1n) is 12.1. The fourth-order valence-corrected chi connectivity index (χ4v) is 4.69. The zero-order valence-electron chi connectivity index (χ0n) is 21.2. The minimum Gasteiger partial charge on any atom is -0.494 e. The number of hydrogen-bond acceptors (Lipinski definition) is 7. The molecule has 38 heavy (non-hydrogen) atoms. The Bertz CT molecular complexity index is 1560. The van der Waals surface area contributed by atoms with E-state index in [4.69, 9.17) is 4.74 Å². The Balaban J connectivity index is 1.40. The molecule has 1 N–H and O–H groups in total. The van der Waals surface area contributed by atoms with Gasteiger partial charge in [0.25, 0.3) is 17.6 Å². The lowest BCUT2D eigenvalue weighted by Crippen LogP contribution is -2.56. The number of pyridine rings is 1. The monoisotopic (exact) mass is 514 g/mol. The first-order chi connectivity index (χ1) is 18.3. The highest BCUT2D eigenvalue weighted by molar-refractivity contribution is 6.45. The number of nitrogens with one attached hydrogen (secondary N) is 1. The average molecular weight is 515 g/mol. The number of ketones is 2. The number of Topliss-reactive ketones (excluding diaryl/α,β-unsaturated/α-hetero) is 2. The van der Waals surface area contributed by atoms with Crippen molar-refractivity contribution in [1.29, 1.82) is 0 Å². The maximum Gasteiger partial charge on any atom is 0.295 e. The smallest absolute Gasteiger partial charge is 0.295 e. The van der Waals surface area contributed by atoms with Crippen LogP contribution in [0.3, 0.4) is 0 Å². The average Bonchev–Trinajstić information content (AvgIpc) is 3.60. The van der Waals surface area contributed by atoms with Gasteiger partial charge in [-0.15, -0.1) is 0 Å². The largest absolute Gasteiger partial charge is 0.494 e. The standard InChI is InChI=1S/C27H26N6O5/c1-16-15-31(11-12-32(16)26(36)18-7-5-4-6-8-18)27(37)24(35)19-13-28-23-22(19)21(38-3)14-29-25(23)33-10-9-20(30-33)17(2)34/h4-10,13-14,16,28H,11-12,15H2,1-3H3. The molecule has 1 aliphatic rings. The number of piperazine rings is 1. The summed E-state index contributed by atoms with van der Waals surface area (Å²) in [6.45, 7) is 4.06. The van der Waals surface area contributed by atoms with Crippen LogP contribution in [-0.2, 0) is 4.79 Å². The van der Waals surface area contributed by atoms with Gasteiger partial charge in [0.2, 0.25) is 0 Å². The van der Waals surface area contributed by atoms with Crippen molar-refractivity contribution in [3.05, 3.63) is 71.8 Å². The van der Waals surface area contributed by atoms with Gasteiger partial charge in [0.15, 0.2) is 11.6 Å². The number of nitrogens with zero attached hydrogens (tertiary/aromatic N) is 5. The lowest BCUT2D eigenvalue weighted by Gasteiger charge is -2.39. The minimum absolute atomic E-state index is 0.107. The number of aromatic nitrogens is 4. The Labute approximate surface area is 218 Å². The Morgan fingerprint density at radius 1 is 1.08 bits per heavy atom. The summed E-state index contributed by atoms with van der Waals surface area (Å²) in [5.41, 5.74) is 1.43. The number of ether oxygens (including phenoxy) is 1. The molecule has 4 heterocycles. The number of methoxy groups -OCH3 is 1. The maximum absolute atomic E-state index is 13.4. The van der Waals surface area contributed by atoms with Crippen LogP contribution < -0.4 is 4.74 Å². The van der Waals surface area contributed by atoms with Crippen molar-refractivity contribution in [2.75, 3.05) is 26.7 Å². The Morgan fingerprint density at radius 2 is 1.84 bits per heavy atom. The first-order valence-corrected chi connectivity index (χ1v) is 12.1. The molecule has 0 bridgehead atoms. The topological polar surface area (TPSA) is 130 Å². The molecule has 5 rings (SSSR count). The highest BCUT2D eigenvalue weighted by Crippen LogP contribution is 2.32. The lowest BCUT2D eigenvalue weighted by atomic mass is 10.1. The molecular formula is C27H26N6O5. The van der Waals surface area contributed by atoms with Gasteiger partial charge in [0.1, 0.15) is 11.4 Å². The number of amides is 2. The molecule has 3 aromatic heterocycles. The summed E-state index contributed by atoms with van der Waals surface area (Å²) in [7, 11) is 1.45. The number of hydrogen-bond donors (Lipinski definition) is 1. The van der Waals surface area contributed by atoms with E-state index in [9.17, 15) is 19.2 Å². The summed E-state index contributed by atoms with van der Waals surface area (Å²) >= 11 is 0. The molecule has 194 valence electrons. The Kier molecular flexibility index (Phi) is 6.50. The van der Waals surface area contributed by atoms with Crippen LogP contribution in [0.25, 0.3) is 16.7 Å². The van der Waals surface area contributed by atoms with E-state index in [1.165, 1.54) is 36.0 Å². The van der Waals surface area contributed by atoms with Crippen molar-refractivity contribution in [2.45, 2.75) is 19.9 Å². The van der Waals surface area contributed by atoms with Crippen LogP contribution in [0.15, 0.2) is 55.0 Å². The van der Waals surface area contributed by atoms with Gasteiger partial charge in [-0.2, -0.15) is 5.10 Å². The number of carbonyl (C=O) groups is 4. The SMILES string of the molecule is COc1cnc(-n2ccc(C(C)=O)n2)c2[nH]cc(C(=O)C(=O)N3CCN(C(=O)c4ccccc4)C(C)C3)c12. The molecule has 1 aliphatic heterocycles. The van der Waals surface area contributed by atoms with Gasteiger partial charge in [-0.1, -0.05) is 18.2 Å². The van der Waals surface area contributed by atoms with Crippen molar-refractivity contribution >= 4 is 34.3 Å². The van der Waals surface area contributed by atoms with E-state index in [2.05, 4.69) is 15.1 Å². The van der Waals surface area contributed by atoms with E-state index >= 15 is 0 Å². The van der Waals surface area contributed by atoms with Gasteiger partial charge in [-0.05, 0) is 25.1 Å². The van der Waals surface area contributed by atoms with Gasteiger partial charge in [-0.25, -0.2) is 9.67 Å². The van der Waals surface area contributed by atoms with Crippen molar-refractivity contribution in [2.24, 2.45) is 0 Å². The summed E-state index contributed by atoms with van der Waals surface area (Å²) in [4.78, 5) is 62.0. The van der Waals surface area contributed by atoms with Crippen LogP contribution in [-0.4, -0.2) is 85.7 Å². The summed E-state index contributed by atoms with van der Waals surface area (Å²) in [6, 6.07) is 10.3. The zero-order valence-corrected chi connectivity index (χ0v) is 21.2. The van der Waals surface area contributed by atoms with E-state index in [1.54, 1.807) is 41.4 Å². The number of H-pyrrole nitrogens is 1. The van der Waals surface area contributed by atoms with E-state index in [0.717, 1.165) is 0 Å². The molecule has 11 nitrogen and oxygen atoms in total. The van der Waals surface area contributed by atoms with Crippen molar-refractivity contribution < 1.29 is 23.9 Å². The second-order valence-electron chi connectivity index (χ2n) is 9.10. The summed E-state index contributed by atoms with van der Waals surface area (Å²) < 4.78 is 6.87. The molecular weight excluding hydrogens is 488 g/mol. The quantitative estimate of drug-likeness (QED) is 0.309. The minimum atomic E-state index is -0.702. The first kappa shape index (κ1) is 24.9. The molecule has 1 unspecified atom stereocenters. The van der Waals surface area contributed by atoms with Crippen LogP contribution >= 0.6 is 0 Å². The third kappa shape index (κ3) is 4.32. The van der Waals surface area contributed by atoms with Crippen LogP contribution in [0.4, 0.5) is 0 Å². The molecule has 0 saturated carbocycles. The maximum atomic E-state index is 13.4. The molecule has 0 spiro atoms. The van der Waals surface area contributed by atoms with E-state index < -0.39 is 11.7 Å². The van der Waals surface area contributed by atoms with E-state index in [-0.39, 0.29) is 42.1 Å². The second-order valence-corrected chi connectivity index (χ2v) is 9.10. The Hall–Kier alpha value is -4.80.